The normalized spacial score (nSPS) is 13.1. The Morgan fingerprint density at radius 2 is 1.72 bits per heavy atom. The molecule has 0 aromatic heterocycles. The van der Waals surface area contributed by atoms with Crippen LogP contribution in [0.2, 0.25) is 0 Å². The first-order chi connectivity index (χ1) is 12.0. The summed E-state index contributed by atoms with van der Waals surface area (Å²) in [5.41, 5.74) is 2.25. The number of carbonyl (C=O) groups is 3. The lowest BCUT2D eigenvalue weighted by Gasteiger charge is -2.13. The zero-order valence-electron chi connectivity index (χ0n) is 13.7. The average Bonchev–Trinajstić information content (AvgIpc) is 2.81. The number of hydrogen-bond donors (Lipinski definition) is 1. The largest absolute Gasteiger partial charge is 0.326 e. The number of carbonyl (C=O) groups excluding carboxylic acids is 3. The summed E-state index contributed by atoms with van der Waals surface area (Å²) in [7, 11) is 0. The number of nitrogens with zero attached hydrogens (tertiary/aromatic N) is 1. The second kappa shape index (κ2) is 6.84. The quantitative estimate of drug-likeness (QED) is 0.850. The standard InChI is InChI=1S/C19H17FN2O3/c1-12-4-9-15-16(11-12)19(25)22(18(15)24)10-2-3-17(23)21-14-7-5-13(20)6-8-14/h4-9,11H,2-3,10H2,1H3,(H,21,23). The van der Waals surface area contributed by atoms with E-state index in [1.165, 1.54) is 29.2 Å². The first-order valence-corrected chi connectivity index (χ1v) is 7.98. The highest BCUT2D eigenvalue weighted by atomic mass is 19.1. The molecule has 3 amide bonds. The molecule has 1 heterocycles. The Balaban J connectivity index is 1.54. The molecular weight excluding hydrogens is 323 g/mol. The number of rotatable bonds is 5. The highest BCUT2D eigenvalue weighted by Crippen LogP contribution is 2.24. The predicted octanol–water partition coefficient (Wildman–Crippen LogP) is 3.15. The Morgan fingerprint density at radius 3 is 2.44 bits per heavy atom. The van der Waals surface area contributed by atoms with Crippen molar-refractivity contribution in [3.05, 3.63) is 65.0 Å². The van der Waals surface area contributed by atoms with E-state index in [-0.39, 0.29) is 36.5 Å². The lowest BCUT2D eigenvalue weighted by atomic mass is 10.1. The number of benzene rings is 2. The van der Waals surface area contributed by atoms with Crippen LogP contribution < -0.4 is 5.32 Å². The van der Waals surface area contributed by atoms with E-state index in [1.807, 2.05) is 6.92 Å². The van der Waals surface area contributed by atoms with Crippen LogP contribution >= 0.6 is 0 Å². The van der Waals surface area contributed by atoms with Crippen LogP contribution in [0, 0.1) is 12.7 Å². The van der Waals surface area contributed by atoms with E-state index in [4.69, 9.17) is 0 Å². The van der Waals surface area contributed by atoms with Gasteiger partial charge < -0.3 is 5.32 Å². The fourth-order valence-electron chi connectivity index (χ4n) is 2.76. The molecular formula is C19H17FN2O3. The van der Waals surface area contributed by atoms with Crippen molar-refractivity contribution < 1.29 is 18.8 Å². The molecule has 25 heavy (non-hydrogen) atoms. The number of amides is 3. The maximum absolute atomic E-state index is 12.8. The molecule has 128 valence electrons. The van der Waals surface area contributed by atoms with Crippen LogP contribution in [-0.2, 0) is 4.79 Å². The van der Waals surface area contributed by atoms with Crippen molar-refractivity contribution in [2.75, 3.05) is 11.9 Å². The van der Waals surface area contributed by atoms with Crippen molar-refractivity contribution >= 4 is 23.4 Å². The number of aryl methyl sites for hydroxylation is 1. The average molecular weight is 340 g/mol. The Bertz CT molecular complexity index is 846. The van der Waals surface area contributed by atoms with Gasteiger partial charge in [0.1, 0.15) is 5.82 Å². The zero-order valence-corrected chi connectivity index (χ0v) is 13.7. The smallest absolute Gasteiger partial charge is 0.261 e. The van der Waals surface area contributed by atoms with E-state index in [2.05, 4.69) is 5.32 Å². The lowest BCUT2D eigenvalue weighted by molar-refractivity contribution is -0.116. The lowest BCUT2D eigenvalue weighted by Crippen LogP contribution is -2.31. The van der Waals surface area contributed by atoms with E-state index in [0.717, 1.165) is 5.56 Å². The maximum atomic E-state index is 12.8. The molecule has 3 rings (SSSR count). The van der Waals surface area contributed by atoms with Crippen molar-refractivity contribution in [3.63, 3.8) is 0 Å². The van der Waals surface area contributed by atoms with Crippen LogP contribution in [0.3, 0.4) is 0 Å². The fourth-order valence-corrected chi connectivity index (χ4v) is 2.76. The van der Waals surface area contributed by atoms with Gasteiger partial charge in [-0.05, 0) is 49.7 Å². The van der Waals surface area contributed by atoms with E-state index in [9.17, 15) is 18.8 Å². The minimum atomic E-state index is -0.376. The molecule has 0 atom stereocenters. The predicted molar refractivity (Wildman–Crippen MR) is 90.8 cm³/mol. The van der Waals surface area contributed by atoms with E-state index in [0.29, 0.717) is 23.2 Å². The molecule has 0 unspecified atom stereocenters. The van der Waals surface area contributed by atoms with Crippen molar-refractivity contribution in [1.82, 2.24) is 4.90 Å². The molecule has 2 aromatic rings. The number of nitrogens with one attached hydrogen (secondary N) is 1. The number of hydrogen-bond acceptors (Lipinski definition) is 3. The Labute approximate surface area is 144 Å². The van der Waals surface area contributed by atoms with Crippen molar-refractivity contribution in [2.45, 2.75) is 19.8 Å². The molecule has 1 N–H and O–H groups in total. The van der Waals surface area contributed by atoms with Gasteiger partial charge in [0, 0.05) is 18.7 Å². The van der Waals surface area contributed by atoms with Crippen molar-refractivity contribution in [3.8, 4) is 0 Å². The van der Waals surface area contributed by atoms with Crippen LogP contribution in [0.5, 0.6) is 0 Å². The van der Waals surface area contributed by atoms with Crippen molar-refractivity contribution in [1.29, 1.82) is 0 Å². The van der Waals surface area contributed by atoms with Crippen LogP contribution in [0.1, 0.15) is 39.1 Å². The van der Waals surface area contributed by atoms with Gasteiger partial charge in [0.25, 0.3) is 11.8 Å². The summed E-state index contributed by atoms with van der Waals surface area (Å²) in [6.07, 6.45) is 0.515. The highest BCUT2D eigenvalue weighted by Gasteiger charge is 2.34. The number of imide groups is 1. The second-order valence-corrected chi connectivity index (χ2v) is 5.97. The van der Waals surface area contributed by atoms with Gasteiger partial charge in [0.15, 0.2) is 0 Å². The van der Waals surface area contributed by atoms with Crippen LogP contribution in [0.4, 0.5) is 10.1 Å². The SMILES string of the molecule is Cc1ccc2c(c1)C(=O)N(CCCC(=O)Nc1ccc(F)cc1)C2=O. The van der Waals surface area contributed by atoms with Gasteiger partial charge in [-0.1, -0.05) is 11.6 Å². The van der Waals surface area contributed by atoms with Crippen LogP contribution in [0.15, 0.2) is 42.5 Å². The van der Waals surface area contributed by atoms with Crippen LogP contribution in [0.25, 0.3) is 0 Å². The third-order valence-corrected chi connectivity index (χ3v) is 4.04. The van der Waals surface area contributed by atoms with Gasteiger partial charge in [-0.15, -0.1) is 0 Å². The summed E-state index contributed by atoms with van der Waals surface area (Å²) in [4.78, 5) is 37.7. The molecule has 0 bridgehead atoms. The van der Waals surface area contributed by atoms with E-state index >= 15 is 0 Å². The van der Waals surface area contributed by atoms with E-state index < -0.39 is 0 Å². The van der Waals surface area contributed by atoms with Crippen LogP contribution in [-0.4, -0.2) is 29.2 Å². The van der Waals surface area contributed by atoms with Crippen molar-refractivity contribution in [2.24, 2.45) is 0 Å². The molecule has 0 saturated carbocycles. The Kier molecular flexibility index (Phi) is 4.61. The minimum absolute atomic E-state index is 0.157. The summed E-state index contributed by atoms with van der Waals surface area (Å²) < 4.78 is 12.8. The zero-order chi connectivity index (χ0) is 18.0. The summed E-state index contributed by atoms with van der Waals surface area (Å²) in [6.45, 7) is 2.04. The monoisotopic (exact) mass is 340 g/mol. The second-order valence-electron chi connectivity index (χ2n) is 5.97. The third kappa shape index (κ3) is 3.57. The first kappa shape index (κ1) is 16.8. The van der Waals surface area contributed by atoms with Gasteiger partial charge >= 0.3 is 0 Å². The first-order valence-electron chi connectivity index (χ1n) is 7.98. The Hall–Kier alpha value is -3.02. The van der Waals surface area contributed by atoms with Gasteiger partial charge in [-0.2, -0.15) is 0 Å². The summed E-state index contributed by atoms with van der Waals surface area (Å²) in [6, 6.07) is 10.6. The maximum Gasteiger partial charge on any atom is 0.261 e. The molecule has 1 aliphatic heterocycles. The number of anilines is 1. The highest BCUT2D eigenvalue weighted by molar-refractivity contribution is 6.21. The molecule has 0 saturated heterocycles. The number of halogens is 1. The van der Waals surface area contributed by atoms with Gasteiger partial charge in [0.05, 0.1) is 11.1 Å². The molecule has 0 fully saturated rings. The minimum Gasteiger partial charge on any atom is -0.326 e. The fraction of sp³-hybridized carbons (Fsp3) is 0.211. The molecule has 0 spiro atoms. The molecule has 2 aromatic carbocycles. The Morgan fingerprint density at radius 1 is 1.04 bits per heavy atom. The van der Waals surface area contributed by atoms with Gasteiger partial charge in [0.2, 0.25) is 5.91 Å². The molecule has 0 radical (unpaired) electrons. The summed E-state index contributed by atoms with van der Waals surface area (Å²) >= 11 is 0. The topological polar surface area (TPSA) is 66.5 Å². The molecule has 0 aliphatic carbocycles. The number of fused-ring (bicyclic) bond motifs is 1. The summed E-state index contributed by atoms with van der Waals surface area (Å²) in [5.74, 6) is -1.26. The molecule has 1 aliphatic rings. The van der Waals surface area contributed by atoms with Gasteiger partial charge in [-0.3, -0.25) is 19.3 Å². The molecule has 5 nitrogen and oxygen atoms in total. The van der Waals surface area contributed by atoms with E-state index in [1.54, 1.807) is 18.2 Å². The molecule has 6 heteroatoms. The summed E-state index contributed by atoms with van der Waals surface area (Å²) in [5, 5.41) is 2.65. The van der Waals surface area contributed by atoms with Gasteiger partial charge in [-0.25, -0.2) is 4.39 Å². The third-order valence-electron chi connectivity index (χ3n) is 4.04.